The number of nitrogens with zero attached hydrogens (tertiary/aromatic N) is 1. The van der Waals surface area contributed by atoms with Crippen LogP contribution in [0.15, 0.2) is 71.1 Å². The van der Waals surface area contributed by atoms with E-state index in [0.717, 1.165) is 38.7 Å². The van der Waals surface area contributed by atoms with E-state index >= 15 is 0 Å². The number of benzene rings is 3. The number of hydrogen-bond acceptors (Lipinski definition) is 3. The number of hydrogen-bond donors (Lipinski definition) is 2. The fourth-order valence-corrected chi connectivity index (χ4v) is 3.66. The first-order valence-corrected chi connectivity index (χ1v) is 9.46. The first-order chi connectivity index (χ1) is 14.1. The number of carbonyl (C=O) groups excluding carboxylic acids is 1. The normalized spacial score (nSPS) is 11.2. The molecule has 0 radical (unpaired) electrons. The molecule has 0 saturated heterocycles. The second kappa shape index (κ2) is 6.63. The number of H-pyrrole nitrogens is 1. The first-order valence-electron chi connectivity index (χ1n) is 9.46. The fourth-order valence-electron chi connectivity index (χ4n) is 3.66. The van der Waals surface area contributed by atoms with Gasteiger partial charge in [-0.05, 0) is 43.7 Å². The minimum absolute atomic E-state index is 0.276. The van der Waals surface area contributed by atoms with Gasteiger partial charge in [-0.2, -0.15) is 0 Å². The molecule has 29 heavy (non-hydrogen) atoms. The quantitative estimate of drug-likeness (QED) is 0.412. The van der Waals surface area contributed by atoms with E-state index in [-0.39, 0.29) is 5.91 Å². The number of aryl methyl sites for hydroxylation is 2. The van der Waals surface area contributed by atoms with Gasteiger partial charge in [-0.25, -0.2) is 4.98 Å². The summed E-state index contributed by atoms with van der Waals surface area (Å²) in [4.78, 5) is 21.0. The predicted molar refractivity (Wildman–Crippen MR) is 115 cm³/mol. The topological polar surface area (TPSA) is 70.9 Å². The minimum atomic E-state index is -0.276. The fraction of sp³-hybridized carbons (Fsp3) is 0.0833. The van der Waals surface area contributed by atoms with Crippen molar-refractivity contribution in [3.05, 3.63) is 83.6 Å². The van der Waals surface area contributed by atoms with E-state index in [1.54, 1.807) is 0 Å². The molecule has 0 unspecified atom stereocenters. The molecule has 0 saturated carbocycles. The molecular weight excluding hydrogens is 362 g/mol. The molecule has 5 rings (SSSR count). The SMILES string of the molecule is Cc1c(C(=O)Nc2ccccc2-c2nc3ccccc3[nH]2)oc2c(C)cccc12. The van der Waals surface area contributed by atoms with Gasteiger partial charge in [0.05, 0.1) is 16.7 Å². The van der Waals surface area contributed by atoms with Crippen molar-refractivity contribution in [2.24, 2.45) is 0 Å². The van der Waals surface area contributed by atoms with Gasteiger partial charge in [-0.3, -0.25) is 4.79 Å². The van der Waals surface area contributed by atoms with Gasteiger partial charge in [-0.15, -0.1) is 0 Å². The summed E-state index contributed by atoms with van der Waals surface area (Å²) in [6, 6.07) is 21.4. The number of para-hydroxylation sites is 4. The number of furan rings is 1. The molecule has 0 aliphatic rings. The largest absolute Gasteiger partial charge is 0.450 e. The molecule has 0 spiro atoms. The molecule has 1 amide bonds. The van der Waals surface area contributed by atoms with Crippen molar-refractivity contribution >= 4 is 33.6 Å². The molecule has 5 nitrogen and oxygen atoms in total. The molecule has 3 aromatic carbocycles. The molecule has 0 aliphatic carbocycles. The van der Waals surface area contributed by atoms with E-state index in [1.165, 1.54) is 0 Å². The number of imidazole rings is 1. The number of aromatic amines is 1. The molecule has 0 fully saturated rings. The monoisotopic (exact) mass is 381 g/mol. The summed E-state index contributed by atoms with van der Waals surface area (Å²) in [5.74, 6) is 0.759. The Morgan fingerprint density at radius 2 is 1.76 bits per heavy atom. The lowest BCUT2D eigenvalue weighted by atomic mass is 10.1. The smallest absolute Gasteiger partial charge is 0.291 e. The van der Waals surface area contributed by atoms with E-state index in [2.05, 4.69) is 15.3 Å². The summed E-state index contributed by atoms with van der Waals surface area (Å²) in [6.07, 6.45) is 0. The highest BCUT2D eigenvalue weighted by Crippen LogP contribution is 2.31. The molecule has 5 heteroatoms. The third-order valence-electron chi connectivity index (χ3n) is 5.19. The zero-order chi connectivity index (χ0) is 20.0. The van der Waals surface area contributed by atoms with Crippen LogP contribution in [-0.2, 0) is 0 Å². The van der Waals surface area contributed by atoms with E-state index in [0.29, 0.717) is 17.3 Å². The molecule has 5 aromatic rings. The Labute approximate surface area is 167 Å². The number of fused-ring (bicyclic) bond motifs is 2. The van der Waals surface area contributed by atoms with Crippen molar-refractivity contribution in [3.63, 3.8) is 0 Å². The van der Waals surface area contributed by atoms with Crippen LogP contribution in [0, 0.1) is 13.8 Å². The summed E-state index contributed by atoms with van der Waals surface area (Å²) >= 11 is 0. The van der Waals surface area contributed by atoms with Gasteiger partial charge in [0.25, 0.3) is 5.91 Å². The lowest BCUT2D eigenvalue weighted by molar-refractivity contribution is 0.0998. The third-order valence-corrected chi connectivity index (χ3v) is 5.19. The van der Waals surface area contributed by atoms with Gasteiger partial charge in [0.2, 0.25) is 0 Å². The van der Waals surface area contributed by atoms with Crippen LogP contribution in [0.5, 0.6) is 0 Å². The Bertz CT molecular complexity index is 1340. The van der Waals surface area contributed by atoms with Gasteiger partial charge in [0.15, 0.2) is 5.76 Å². The number of rotatable bonds is 3. The number of nitrogens with one attached hydrogen (secondary N) is 2. The molecular formula is C24H19N3O2. The highest BCUT2D eigenvalue weighted by atomic mass is 16.3. The number of aromatic nitrogens is 2. The Kier molecular flexibility index (Phi) is 3.95. The van der Waals surface area contributed by atoms with Crippen LogP contribution in [0.25, 0.3) is 33.4 Å². The standard InChI is InChI=1S/C24H19N3O2/c1-14-8-7-10-16-15(2)22(29-21(14)16)24(28)27-18-11-4-3-9-17(18)23-25-19-12-5-6-13-20(19)26-23/h3-13H,1-2H3,(H,25,26)(H,27,28). The van der Waals surface area contributed by atoms with Crippen molar-refractivity contribution < 1.29 is 9.21 Å². The third kappa shape index (κ3) is 2.88. The zero-order valence-corrected chi connectivity index (χ0v) is 16.1. The van der Waals surface area contributed by atoms with Crippen LogP contribution in [0.1, 0.15) is 21.7 Å². The van der Waals surface area contributed by atoms with Crippen LogP contribution in [0.4, 0.5) is 5.69 Å². The lowest BCUT2D eigenvalue weighted by Gasteiger charge is -2.08. The molecule has 0 aliphatic heterocycles. The van der Waals surface area contributed by atoms with Gasteiger partial charge in [-0.1, -0.05) is 42.5 Å². The summed E-state index contributed by atoms with van der Waals surface area (Å²) in [5, 5.41) is 3.96. The number of amides is 1. The average Bonchev–Trinajstić information content (AvgIpc) is 3.31. The average molecular weight is 381 g/mol. The van der Waals surface area contributed by atoms with E-state index < -0.39 is 0 Å². The number of anilines is 1. The molecule has 2 heterocycles. The molecule has 2 aromatic heterocycles. The number of carbonyl (C=O) groups is 1. The van der Waals surface area contributed by atoms with Crippen LogP contribution in [0.3, 0.4) is 0 Å². The maximum Gasteiger partial charge on any atom is 0.291 e. The maximum absolute atomic E-state index is 13.0. The molecule has 0 bridgehead atoms. The lowest BCUT2D eigenvalue weighted by Crippen LogP contribution is -2.13. The van der Waals surface area contributed by atoms with Crippen molar-refractivity contribution in [3.8, 4) is 11.4 Å². The molecule has 0 atom stereocenters. The minimum Gasteiger partial charge on any atom is -0.450 e. The van der Waals surface area contributed by atoms with Gasteiger partial charge in [0, 0.05) is 16.5 Å². The van der Waals surface area contributed by atoms with Crippen LogP contribution in [-0.4, -0.2) is 15.9 Å². The Hall–Kier alpha value is -3.86. The van der Waals surface area contributed by atoms with Crippen molar-refractivity contribution in [2.75, 3.05) is 5.32 Å². The second-order valence-electron chi connectivity index (χ2n) is 7.11. The van der Waals surface area contributed by atoms with Crippen molar-refractivity contribution in [1.29, 1.82) is 0 Å². The van der Waals surface area contributed by atoms with Gasteiger partial charge < -0.3 is 14.7 Å². The predicted octanol–water partition coefficient (Wildman–Crippen LogP) is 5.85. The Morgan fingerprint density at radius 3 is 2.59 bits per heavy atom. The van der Waals surface area contributed by atoms with E-state index in [1.807, 2.05) is 80.6 Å². The Morgan fingerprint density at radius 1 is 0.966 bits per heavy atom. The van der Waals surface area contributed by atoms with E-state index in [4.69, 9.17) is 4.42 Å². The highest BCUT2D eigenvalue weighted by molar-refractivity contribution is 6.08. The molecule has 2 N–H and O–H groups in total. The summed E-state index contributed by atoms with van der Waals surface area (Å²) in [7, 11) is 0. The van der Waals surface area contributed by atoms with Gasteiger partial charge in [0.1, 0.15) is 11.4 Å². The Balaban J connectivity index is 1.54. The van der Waals surface area contributed by atoms with Crippen LogP contribution in [0.2, 0.25) is 0 Å². The maximum atomic E-state index is 13.0. The summed E-state index contributed by atoms with van der Waals surface area (Å²) in [5.41, 5.74) is 5.92. The second-order valence-corrected chi connectivity index (χ2v) is 7.11. The zero-order valence-electron chi connectivity index (χ0n) is 16.1. The van der Waals surface area contributed by atoms with Crippen molar-refractivity contribution in [2.45, 2.75) is 13.8 Å². The summed E-state index contributed by atoms with van der Waals surface area (Å²) < 4.78 is 5.92. The first kappa shape index (κ1) is 17.3. The van der Waals surface area contributed by atoms with Crippen LogP contribution >= 0.6 is 0 Å². The van der Waals surface area contributed by atoms with E-state index in [9.17, 15) is 4.79 Å². The van der Waals surface area contributed by atoms with Crippen molar-refractivity contribution in [1.82, 2.24) is 9.97 Å². The highest BCUT2D eigenvalue weighted by Gasteiger charge is 2.20. The molecule has 142 valence electrons. The summed E-state index contributed by atoms with van der Waals surface area (Å²) in [6.45, 7) is 3.88. The van der Waals surface area contributed by atoms with Crippen LogP contribution < -0.4 is 5.32 Å². The van der Waals surface area contributed by atoms with Gasteiger partial charge >= 0.3 is 0 Å².